The Kier molecular flexibility index (Phi) is 12.1. The number of nitrogens with zero attached hydrogens (tertiary/aromatic N) is 4. The van der Waals surface area contributed by atoms with Crippen molar-refractivity contribution in [2.45, 2.75) is 32.4 Å². The van der Waals surface area contributed by atoms with Crippen LogP contribution in [0.3, 0.4) is 0 Å². The Balaban J connectivity index is 0.00000174. The van der Waals surface area contributed by atoms with Gasteiger partial charge in [0.15, 0.2) is 0 Å². The van der Waals surface area contributed by atoms with E-state index in [0.29, 0.717) is 42.1 Å². The molecule has 1 saturated heterocycles. The highest BCUT2D eigenvalue weighted by atomic mass is 19.1. The molecule has 250 valence electrons. The van der Waals surface area contributed by atoms with E-state index in [9.17, 15) is 29.2 Å². The van der Waals surface area contributed by atoms with E-state index in [1.54, 1.807) is 23.7 Å². The zero-order valence-corrected chi connectivity index (χ0v) is 26.3. The number of rotatable bonds is 8. The number of carbonyl (C=O) groups excluding carboxylic acids is 1. The highest BCUT2D eigenvalue weighted by Gasteiger charge is 2.26. The Morgan fingerprint density at radius 3 is 2.31 bits per heavy atom. The Bertz CT molecular complexity index is 1920. The maximum absolute atomic E-state index is 14.8. The van der Waals surface area contributed by atoms with Crippen molar-refractivity contribution in [2.75, 3.05) is 18.0 Å². The minimum absolute atomic E-state index is 0.0788. The molecular formula is C36H32F2N6O5. The number of nitrogens with one attached hydrogen (secondary N) is 2. The molecule has 1 amide bonds. The summed E-state index contributed by atoms with van der Waals surface area (Å²) in [7, 11) is 0. The molecule has 0 unspecified atom stereocenters. The fourth-order valence-electron chi connectivity index (χ4n) is 5.46. The number of carboxylic acid groups (broad SMARTS) is 1. The summed E-state index contributed by atoms with van der Waals surface area (Å²) in [5.41, 5.74) is 4.81. The lowest BCUT2D eigenvalue weighted by Crippen LogP contribution is -2.42. The second-order valence-electron chi connectivity index (χ2n) is 11.1. The van der Waals surface area contributed by atoms with Gasteiger partial charge in [-0.1, -0.05) is 30.3 Å². The van der Waals surface area contributed by atoms with Crippen molar-refractivity contribution in [2.24, 2.45) is 0 Å². The number of aromatic nitrogens is 1. The fourth-order valence-corrected chi connectivity index (χ4v) is 5.46. The number of benzene rings is 3. The number of amides is 1. The van der Waals surface area contributed by atoms with Crippen LogP contribution in [0.15, 0.2) is 66.9 Å². The van der Waals surface area contributed by atoms with Crippen LogP contribution in [0.2, 0.25) is 0 Å². The van der Waals surface area contributed by atoms with Crippen LogP contribution in [0.25, 0.3) is 28.3 Å². The predicted molar refractivity (Wildman–Crippen MR) is 177 cm³/mol. The summed E-state index contributed by atoms with van der Waals surface area (Å²) in [6, 6.07) is 18.6. The second kappa shape index (κ2) is 16.6. The van der Waals surface area contributed by atoms with E-state index < -0.39 is 17.5 Å². The molecule has 4 aromatic rings. The summed E-state index contributed by atoms with van der Waals surface area (Å²) in [6.45, 7) is 3.02. The average molecular weight is 667 g/mol. The van der Waals surface area contributed by atoms with Crippen LogP contribution in [-0.4, -0.2) is 51.9 Å². The number of anilines is 1. The molecule has 49 heavy (non-hydrogen) atoms. The standard InChI is InChI=1S/C35H30F2N6O3.CH2O2/c1-21-30(36)15-26(16-32(21)44)29-20-41-35(28(18-39)34(29)24-7-8-25(17-38)31(37)14-24)43-12-10-27(11-13-43)40-19-23-4-2-22(3-5-23)6-9-33(45)42-46;2-1-3/h2-9,14-16,20,27,40,44,46H,10-13,19H2,1H3,(H,42,45);1H,(H,2,3)/b9-6+;. The van der Waals surface area contributed by atoms with Gasteiger partial charge >= 0.3 is 0 Å². The third-order valence-corrected chi connectivity index (χ3v) is 8.08. The van der Waals surface area contributed by atoms with Crippen molar-refractivity contribution >= 4 is 24.3 Å². The number of carbonyl (C=O) groups is 2. The van der Waals surface area contributed by atoms with Gasteiger partial charge in [0.1, 0.15) is 40.9 Å². The summed E-state index contributed by atoms with van der Waals surface area (Å²) >= 11 is 0. The Hall–Kier alpha value is -6.15. The van der Waals surface area contributed by atoms with Gasteiger partial charge in [0.25, 0.3) is 12.4 Å². The minimum atomic E-state index is -0.752. The van der Waals surface area contributed by atoms with Crippen molar-refractivity contribution in [1.82, 2.24) is 15.8 Å². The number of piperidine rings is 1. The lowest BCUT2D eigenvalue weighted by atomic mass is 9.90. The smallest absolute Gasteiger partial charge is 0.290 e. The highest BCUT2D eigenvalue weighted by Crippen LogP contribution is 2.41. The number of hydroxylamine groups is 1. The number of aromatic hydroxyl groups is 1. The van der Waals surface area contributed by atoms with Gasteiger partial charge in [0.2, 0.25) is 0 Å². The molecule has 0 bridgehead atoms. The Morgan fingerprint density at radius 1 is 1.04 bits per heavy atom. The van der Waals surface area contributed by atoms with Crippen molar-refractivity contribution in [1.29, 1.82) is 10.5 Å². The van der Waals surface area contributed by atoms with Gasteiger partial charge in [-0.25, -0.2) is 19.2 Å². The molecule has 0 atom stereocenters. The summed E-state index contributed by atoms with van der Waals surface area (Å²) < 4.78 is 29.5. The molecule has 1 aliphatic rings. The van der Waals surface area contributed by atoms with Crippen LogP contribution in [0.5, 0.6) is 5.75 Å². The van der Waals surface area contributed by atoms with Gasteiger partial charge in [-0.15, -0.1) is 0 Å². The number of halogens is 2. The number of hydrogen-bond acceptors (Lipinski definition) is 9. The quantitative estimate of drug-likeness (QED) is 0.0704. The maximum atomic E-state index is 14.8. The first kappa shape index (κ1) is 35.7. The zero-order chi connectivity index (χ0) is 35.5. The van der Waals surface area contributed by atoms with Crippen molar-refractivity contribution in [3.05, 3.63) is 106 Å². The molecule has 2 heterocycles. The zero-order valence-electron chi connectivity index (χ0n) is 26.3. The molecule has 3 aromatic carbocycles. The second-order valence-corrected chi connectivity index (χ2v) is 11.1. The summed E-state index contributed by atoms with van der Waals surface area (Å²) in [5, 5.41) is 49.0. The van der Waals surface area contributed by atoms with Crippen LogP contribution >= 0.6 is 0 Å². The summed E-state index contributed by atoms with van der Waals surface area (Å²) in [6.07, 6.45) is 5.87. The molecule has 0 aliphatic carbocycles. The maximum Gasteiger partial charge on any atom is 0.290 e. The number of phenolic OH excluding ortho intramolecular Hbond substituents is 1. The first-order valence-corrected chi connectivity index (χ1v) is 15.0. The average Bonchev–Trinajstić information content (AvgIpc) is 3.12. The number of pyridine rings is 1. The van der Waals surface area contributed by atoms with Gasteiger partial charge < -0.3 is 20.4 Å². The van der Waals surface area contributed by atoms with Gasteiger partial charge in [-0.3, -0.25) is 14.8 Å². The van der Waals surface area contributed by atoms with E-state index in [1.165, 1.54) is 43.5 Å². The molecule has 0 spiro atoms. The fraction of sp³-hybridized carbons (Fsp3) is 0.194. The monoisotopic (exact) mass is 666 g/mol. The highest BCUT2D eigenvalue weighted by molar-refractivity contribution is 5.91. The minimum Gasteiger partial charge on any atom is -0.508 e. The number of nitriles is 2. The number of phenols is 1. The van der Waals surface area contributed by atoms with Crippen LogP contribution in [0.4, 0.5) is 14.6 Å². The van der Waals surface area contributed by atoms with Crippen molar-refractivity contribution in [3.8, 4) is 40.1 Å². The molecule has 1 fully saturated rings. The van der Waals surface area contributed by atoms with E-state index in [0.717, 1.165) is 24.0 Å². The topological polar surface area (TPSA) is 183 Å². The molecule has 1 aromatic heterocycles. The SMILES string of the molecule is Cc1c(O)cc(-c2cnc(N3CCC(NCc4ccc(/C=C/C(=O)NO)cc4)CC3)c(C#N)c2-c2ccc(C#N)c(F)c2)cc1F.O=CO. The van der Waals surface area contributed by atoms with E-state index in [1.807, 2.05) is 29.2 Å². The third-order valence-electron chi connectivity index (χ3n) is 8.08. The lowest BCUT2D eigenvalue weighted by Gasteiger charge is -2.34. The summed E-state index contributed by atoms with van der Waals surface area (Å²) in [5.74, 6) is -1.84. The molecule has 5 N–H and O–H groups in total. The Labute approximate surface area is 281 Å². The van der Waals surface area contributed by atoms with Gasteiger partial charge in [-0.05, 0) is 72.4 Å². The molecule has 0 radical (unpaired) electrons. The first-order chi connectivity index (χ1) is 23.6. The van der Waals surface area contributed by atoms with Crippen LogP contribution in [0.1, 0.15) is 40.7 Å². The molecule has 1 aliphatic heterocycles. The third kappa shape index (κ3) is 8.61. The predicted octanol–water partition coefficient (Wildman–Crippen LogP) is 5.43. The molecule has 13 heteroatoms. The molecule has 5 rings (SSSR count). The van der Waals surface area contributed by atoms with Crippen LogP contribution < -0.4 is 15.7 Å². The van der Waals surface area contributed by atoms with Gasteiger partial charge in [0, 0.05) is 54.6 Å². The molecule has 0 saturated carbocycles. The molecule has 11 nitrogen and oxygen atoms in total. The first-order valence-electron chi connectivity index (χ1n) is 15.0. The van der Waals surface area contributed by atoms with E-state index >= 15 is 0 Å². The van der Waals surface area contributed by atoms with Crippen LogP contribution in [0, 0.1) is 41.2 Å². The van der Waals surface area contributed by atoms with E-state index in [4.69, 9.17) is 15.1 Å². The van der Waals surface area contributed by atoms with Gasteiger partial charge in [-0.2, -0.15) is 10.5 Å². The van der Waals surface area contributed by atoms with E-state index in [2.05, 4.69) is 16.4 Å². The normalized spacial score (nSPS) is 12.8. The summed E-state index contributed by atoms with van der Waals surface area (Å²) in [4.78, 5) is 26.2. The molecular weight excluding hydrogens is 634 g/mol. The Morgan fingerprint density at radius 2 is 1.71 bits per heavy atom. The van der Waals surface area contributed by atoms with Crippen LogP contribution in [-0.2, 0) is 16.1 Å². The van der Waals surface area contributed by atoms with Crippen molar-refractivity contribution < 1.29 is 33.8 Å². The van der Waals surface area contributed by atoms with Crippen molar-refractivity contribution in [3.63, 3.8) is 0 Å². The van der Waals surface area contributed by atoms with E-state index in [-0.39, 0.29) is 40.5 Å². The lowest BCUT2D eigenvalue weighted by molar-refractivity contribution is -0.124. The van der Waals surface area contributed by atoms with Gasteiger partial charge in [0.05, 0.1) is 5.56 Å². The largest absolute Gasteiger partial charge is 0.508 e. The number of hydrogen-bond donors (Lipinski definition) is 5.